The zero-order valence-corrected chi connectivity index (χ0v) is 13.6. The van der Waals surface area contributed by atoms with E-state index in [-0.39, 0.29) is 18.1 Å². The second-order valence-corrected chi connectivity index (χ2v) is 5.74. The zero-order valence-electron chi connectivity index (χ0n) is 13.6. The van der Waals surface area contributed by atoms with E-state index in [0.717, 1.165) is 11.4 Å². The summed E-state index contributed by atoms with van der Waals surface area (Å²) in [6.45, 7) is 6.76. The summed E-state index contributed by atoms with van der Waals surface area (Å²) in [6.07, 6.45) is 0.0685. The highest BCUT2D eigenvalue weighted by atomic mass is 16.5. The normalized spacial score (nSPS) is 20.2. The maximum Gasteiger partial charge on any atom is 0.225 e. The molecule has 1 amide bonds. The van der Waals surface area contributed by atoms with Crippen molar-refractivity contribution in [3.63, 3.8) is 0 Å². The Balaban J connectivity index is 1.91. The quantitative estimate of drug-likeness (QED) is 0.805. The number of hydrogen-bond acceptors (Lipinski definition) is 5. The third-order valence-electron chi connectivity index (χ3n) is 3.97. The number of amides is 1. The summed E-state index contributed by atoms with van der Waals surface area (Å²) in [5.74, 6) is 0.0685. The number of nitrogens with two attached hydrogens (primary N) is 1. The number of aryl methyl sites for hydroxylation is 2. The van der Waals surface area contributed by atoms with E-state index in [2.05, 4.69) is 5.10 Å². The second-order valence-electron chi connectivity index (χ2n) is 5.74. The Labute approximate surface area is 131 Å². The molecular formula is C15H26N4O3. The van der Waals surface area contributed by atoms with E-state index in [4.69, 9.17) is 15.2 Å². The van der Waals surface area contributed by atoms with Gasteiger partial charge < -0.3 is 20.1 Å². The van der Waals surface area contributed by atoms with Crippen molar-refractivity contribution in [2.75, 3.05) is 33.4 Å². The lowest BCUT2D eigenvalue weighted by Gasteiger charge is -2.33. The predicted octanol–water partition coefficient (Wildman–Crippen LogP) is 0.0911. The number of hydrogen-bond donors (Lipinski definition) is 1. The smallest absolute Gasteiger partial charge is 0.225 e. The fourth-order valence-corrected chi connectivity index (χ4v) is 2.70. The standard InChI is InChI=1S/C15H26N4O3/c1-11-6-12(2)19(17-11)10-14-9-18(4-5-22-14)15(20)7-13(8-16)21-3/h6,13-14H,4-5,7-10,16H2,1-3H3. The van der Waals surface area contributed by atoms with E-state index in [1.165, 1.54) is 0 Å². The van der Waals surface area contributed by atoms with Crippen LogP contribution in [0.1, 0.15) is 17.8 Å². The van der Waals surface area contributed by atoms with E-state index in [0.29, 0.717) is 39.2 Å². The molecule has 0 aliphatic carbocycles. The van der Waals surface area contributed by atoms with Crippen molar-refractivity contribution in [1.29, 1.82) is 0 Å². The molecule has 124 valence electrons. The third kappa shape index (κ3) is 4.28. The minimum atomic E-state index is -0.218. The average molecular weight is 310 g/mol. The number of morpholine rings is 1. The molecule has 0 bridgehead atoms. The largest absolute Gasteiger partial charge is 0.380 e. The summed E-state index contributed by atoms with van der Waals surface area (Å²) in [7, 11) is 1.58. The van der Waals surface area contributed by atoms with Gasteiger partial charge in [0.15, 0.2) is 0 Å². The zero-order chi connectivity index (χ0) is 16.1. The highest BCUT2D eigenvalue weighted by molar-refractivity contribution is 5.76. The molecule has 0 aromatic carbocycles. The lowest BCUT2D eigenvalue weighted by Crippen LogP contribution is -2.48. The van der Waals surface area contributed by atoms with Gasteiger partial charge in [-0.1, -0.05) is 0 Å². The number of carbonyl (C=O) groups is 1. The van der Waals surface area contributed by atoms with Gasteiger partial charge in [-0.3, -0.25) is 9.48 Å². The Morgan fingerprint density at radius 1 is 1.59 bits per heavy atom. The summed E-state index contributed by atoms with van der Waals surface area (Å²) < 4.78 is 12.9. The molecule has 1 aliphatic rings. The van der Waals surface area contributed by atoms with E-state index in [9.17, 15) is 4.79 Å². The Hall–Kier alpha value is -1.44. The van der Waals surface area contributed by atoms with Crippen LogP contribution >= 0.6 is 0 Å². The van der Waals surface area contributed by atoms with Crippen LogP contribution in [0.2, 0.25) is 0 Å². The van der Waals surface area contributed by atoms with Crippen molar-refractivity contribution in [2.24, 2.45) is 5.73 Å². The molecular weight excluding hydrogens is 284 g/mol. The van der Waals surface area contributed by atoms with Gasteiger partial charge in [-0.25, -0.2) is 0 Å². The molecule has 22 heavy (non-hydrogen) atoms. The molecule has 2 heterocycles. The Kier molecular flexibility index (Phi) is 5.93. The second kappa shape index (κ2) is 7.71. The van der Waals surface area contributed by atoms with Gasteiger partial charge in [0.05, 0.1) is 37.5 Å². The van der Waals surface area contributed by atoms with Crippen molar-refractivity contribution < 1.29 is 14.3 Å². The van der Waals surface area contributed by atoms with Gasteiger partial charge in [0.2, 0.25) is 5.91 Å². The van der Waals surface area contributed by atoms with E-state index < -0.39 is 0 Å². The number of nitrogens with zero attached hydrogens (tertiary/aromatic N) is 3. The molecule has 1 aromatic heterocycles. The van der Waals surface area contributed by atoms with E-state index in [1.54, 1.807) is 7.11 Å². The molecule has 2 rings (SSSR count). The first kappa shape index (κ1) is 16.9. The van der Waals surface area contributed by atoms with Crippen LogP contribution in [0.25, 0.3) is 0 Å². The van der Waals surface area contributed by atoms with Gasteiger partial charge >= 0.3 is 0 Å². The highest BCUT2D eigenvalue weighted by Gasteiger charge is 2.26. The topological polar surface area (TPSA) is 82.6 Å². The predicted molar refractivity (Wildman–Crippen MR) is 82.5 cm³/mol. The molecule has 1 aliphatic heterocycles. The molecule has 1 saturated heterocycles. The lowest BCUT2D eigenvalue weighted by atomic mass is 10.2. The Morgan fingerprint density at radius 3 is 2.95 bits per heavy atom. The van der Waals surface area contributed by atoms with Crippen LogP contribution < -0.4 is 5.73 Å². The minimum Gasteiger partial charge on any atom is -0.380 e. The molecule has 2 atom stereocenters. The van der Waals surface area contributed by atoms with Gasteiger partial charge in [0, 0.05) is 32.4 Å². The summed E-state index contributed by atoms with van der Waals surface area (Å²) in [5, 5.41) is 4.45. The molecule has 1 fully saturated rings. The summed E-state index contributed by atoms with van der Waals surface area (Å²) in [6, 6.07) is 2.04. The average Bonchev–Trinajstić information content (AvgIpc) is 2.82. The maximum absolute atomic E-state index is 12.3. The van der Waals surface area contributed by atoms with Crippen molar-refractivity contribution >= 4 is 5.91 Å². The lowest BCUT2D eigenvalue weighted by molar-refractivity contribution is -0.141. The van der Waals surface area contributed by atoms with Gasteiger partial charge in [-0.15, -0.1) is 0 Å². The monoisotopic (exact) mass is 310 g/mol. The summed E-state index contributed by atoms with van der Waals surface area (Å²) in [5.41, 5.74) is 7.67. The molecule has 2 unspecified atom stereocenters. The van der Waals surface area contributed by atoms with Crippen LogP contribution in [0.4, 0.5) is 0 Å². The van der Waals surface area contributed by atoms with Crippen molar-refractivity contribution in [1.82, 2.24) is 14.7 Å². The van der Waals surface area contributed by atoms with Gasteiger partial charge in [0.25, 0.3) is 0 Å². The molecule has 2 N–H and O–H groups in total. The molecule has 1 aromatic rings. The van der Waals surface area contributed by atoms with Crippen molar-refractivity contribution in [3.05, 3.63) is 17.5 Å². The van der Waals surface area contributed by atoms with Crippen LogP contribution in [0, 0.1) is 13.8 Å². The van der Waals surface area contributed by atoms with Crippen LogP contribution in [-0.4, -0.2) is 66.1 Å². The molecule has 7 nitrogen and oxygen atoms in total. The summed E-state index contributed by atoms with van der Waals surface area (Å²) >= 11 is 0. The fourth-order valence-electron chi connectivity index (χ4n) is 2.70. The maximum atomic E-state index is 12.3. The van der Waals surface area contributed by atoms with Gasteiger partial charge in [0.1, 0.15) is 0 Å². The number of carbonyl (C=O) groups excluding carboxylic acids is 1. The number of ether oxygens (including phenoxy) is 2. The number of rotatable bonds is 6. The van der Waals surface area contributed by atoms with Crippen molar-refractivity contribution in [3.8, 4) is 0 Å². The van der Waals surface area contributed by atoms with E-state index in [1.807, 2.05) is 29.5 Å². The minimum absolute atomic E-state index is 0.0328. The van der Waals surface area contributed by atoms with Crippen LogP contribution in [0.3, 0.4) is 0 Å². The fraction of sp³-hybridized carbons (Fsp3) is 0.733. The Morgan fingerprint density at radius 2 is 2.36 bits per heavy atom. The number of methoxy groups -OCH3 is 1. The first-order valence-corrected chi connectivity index (χ1v) is 7.66. The van der Waals surface area contributed by atoms with Crippen LogP contribution in [-0.2, 0) is 20.8 Å². The van der Waals surface area contributed by atoms with Crippen LogP contribution in [0.5, 0.6) is 0 Å². The molecule has 0 saturated carbocycles. The van der Waals surface area contributed by atoms with Gasteiger partial charge in [-0.2, -0.15) is 5.10 Å². The highest BCUT2D eigenvalue weighted by Crippen LogP contribution is 2.12. The Bertz CT molecular complexity index is 499. The molecule has 7 heteroatoms. The SMILES string of the molecule is COC(CN)CC(=O)N1CCOC(Cn2nc(C)cc2C)C1. The molecule has 0 radical (unpaired) electrons. The number of aromatic nitrogens is 2. The van der Waals surface area contributed by atoms with Gasteiger partial charge in [-0.05, 0) is 19.9 Å². The van der Waals surface area contributed by atoms with Crippen molar-refractivity contribution in [2.45, 2.75) is 39.0 Å². The third-order valence-corrected chi connectivity index (χ3v) is 3.97. The van der Waals surface area contributed by atoms with Crippen LogP contribution in [0.15, 0.2) is 6.07 Å². The first-order chi connectivity index (χ1) is 10.5. The first-order valence-electron chi connectivity index (χ1n) is 7.66. The molecule has 0 spiro atoms. The summed E-state index contributed by atoms with van der Waals surface area (Å²) in [4.78, 5) is 14.1. The van der Waals surface area contributed by atoms with E-state index >= 15 is 0 Å².